The number of hydrogen-bond donors (Lipinski definition) is 0. The molecule has 1 unspecified atom stereocenters. The van der Waals surface area contributed by atoms with E-state index in [1.165, 1.54) is 18.2 Å². The van der Waals surface area contributed by atoms with Gasteiger partial charge in [-0.05, 0) is 17.1 Å². The van der Waals surface area contributed by atoms with E-state index in [0.717, 1.165) is 0 Å². The molecule has 1 aromatic carbocycles. The van der Waals surface area contributed by atoms with Crippen LogP contribution in [0.15, 0.2) is 23.1 Å². The highest BCUT2D eigenvalue weighted by atomic mass is 32.2. The third-order valence-electron chi connectivity index (χ3n) is 1.25. The molecular formula is C6H3B2O2S-. The van der Waals surface area contributed by atoms with E-state index in [9.17, 15) is 8.76 Å². The summed E-state index contributed by atoms with van der Waals surface area (Å²) < 4.78 is 20.7. The number of hydrogen-bond acceptors (Lipinski definition) is 2. The largest absolute Gasteiger partial charge is 0.768 e. The van der Waals surface area contributed by atoms with Crippen molar-refractivity contribution in [2.45, 2.75) is 4.90 Å². The molecule has 0 saturated carbocycles. The second kappa shape index (κ2) is 3.24. The minimum absolute atomic E-state index is 0.150. The molecule has 0 aliphatic heterocycles. The first kappa shape index (κ1) is 8.56. The van der Waals surface area contributed by atoms with Crippen molar-refractivity contribution in [1.82, 2.24) is 0 Å². The molecule has 0 fully saturated rings. The molecule has 0 amide bonds. The quantitative estimate of drug-likeness (QED) is 0.371. The summed E-state index contributed by atoms with van der Waals surface area (Å²) in [5.41, 5.74) is 0.672. The Morgan fingerprint density at radius 3 is 2.36 bits per heavy atom. The normalized spacial score (nSPS) is 12.8. The Bertz CT molecular complexity index is 301. The minimum atomic E-state index is -2.23. The van der Waals surface area contributed by atoms with Crippen LogP contribution in [0.1, 0.15) is 0 Å². The van der Waals surface area contributed by atoms with E-state index < -0.39 is 11.1 Å². The molecule has 1 aromatic rings. The van der Waals surface area contributed by atoms with Crippen LogP contribution >= 0.6 is 0 Å². The average Bonchev–Trinajstić information content (AvgIpc) is 1.94. The lowest BCUT2D eigenvalue weighted by atomic mass is 9.81. The Kier molecular flexibility index (Phi) is 2.52. The average molecular weight is 161 g/mol. The summed E-state index contributed by atoms with van der Waals surface area (Å²) in [5, 5.41) is 0. The van der Waals surface area contributed by atoms with Crippen LogP contribution in [-0.2, 0) is 11.1 Å². The molecule has 1 atom stereocenters. The van der Waals surface area contributed by atoms with Gasteiger partial charge in [0.1, 0.15) is 15.7 Å². The van der Waals surface area contributed by atoms with Crippen molar-refractivity contribution in [3.8, 4) is 0 Å². The van der Waals surface area contributed by atoms with Crippen LogP contribution in [-0.4, -0.2) is 24.5 Å². The minimum Gasteiger partial charge on any atom is -0.768 e. The lowest BCUT2D eigenvalue weighted by Gasteiger charge is -2.07. The molecule has 11 heavy (non-hydrogen) atoms. The molecular weight excluding hydrogens is 158 g/mol. The van der Waals surface area contributed by atoms with Gasteiger partial charge in [0.15, 0.2) is 0 Å². The highest BCUT2D eigenvalue weighted by molar-refractivity contribution is 7.79. The van der Waals surface area contributed by atoms with Crippen LogP contribution < -0.4 is 10.9 Å². The molecule has 5 heteroatoms. The summed E-state index contributed by atoms with van der Waals surface area (Å²) in [6.07, 6.45) is 0. The predicted octanol–water partition coefficient (Wildman–Crippen LogP) is -1.49. The van der Waals surface area contributed by atoms with Gasteiger partial charge in [0.25, 0.3) is 0 Å². The lowest BCUT2D eigenvalue weighted by Crippen LogP contribution is -2.25. The topological polar surface area (TPSA) is 40.1 Å². The summed E-state index contributed by atoms with van der Waals surface area (Å²) in [5.74, 6) is 0. The zero-order chi connectivity index (χ0) is 8.43. The van der Waals surface area contributed by atoms with Crippen LogP contribution in [0.25, 0.3) is 0 Å². The van der Waals surface area contributed by atoms with E-state index in [0.29, 0.717) is 5.46 Å². The van der Waals surface area contributed by atoms with Crippen LogP contribution in [0.4, 0.5) is 0 Å². The van der Waals surface area contributed by atoms with E-state index >= 15 is 0 Å². The fourth-order valence-electron chi connectivity index (χ4n) is 0.657. The van der Waals surface area contributed by atoms with Gasteiger partial charge in [-0.3, -0.25) is 4.21 Å². The molecule has 0 heterocycles. The molecule has 0 aliphatic rings. The predicted molar refractivity (Wildman–Crippen MR) is 44.4 cm³/mol. The van der Waals surface area contributed by atoms with Crippen molar-refractivity contribution >= 4 is 37.7 Å². The SMILES string of the molecule is [B]c1ccc(S(=O)[O-])cc1[B]. The standard InChI is InChI=1S/C6H4B2O2S/c7-5-2-1-4(11(9)10)3-6(5)8/h1-3H,(H,9,10)/p-1. The second-order valence-corrected chi connectivity index (χ2v) is 2.97. The summed E-state index contributed by atoms with van der Waals surface area (Å²) >= 11 is -2.23. The zero-order valence-electron chi connectivity index (χ0n) is 5.61. The monoisotopic (exact) mass is 161 g/mol. The highest BCUT2D eigenvalue weighted by Gasteiger charge is 1.94. The fraction of sp³-hybridized carbons (Fsp3) is 0. The Labute approximate surface area is 70.1 Å². The van der Waals surface area contributed by atoms with E-state index in [4.69, 9.17) is 15.7 Å². The third kappa shape index (κ3) is 1.94. The Morgan fingerprint density at radius 2 is 1.91 bits per heavy atom. The lowest BCUT2D eigenvalue weighted by molar-refractivity contribution is 0.537. The van der Waals surface area contributed by atoms with Gasteiger partial charge in [0, 0.05) is 4.90 Å². The van der Waals surface area contributed by atoms with Crippen molar-refractivity contribution in [3.05, 3.63) is 18.2 Å². The van der Waals surface area contributed by atoms with Crippen molar-refractivity contribution in [3.63, 3.8) is 0 Å². The molecule has 52 valence electrons. The first-order valence-corrected chi connectivity index (χ1v) is 3.93. The Hall–Kier alpha value is -0.540. The highest BCUT2D eigenvalue weighted by Crippen LogP contribution is 1.98. The smallest absolute Gasteiger partial charge is 0.113 e. The van der Waals surface area contributed by atoms with Gasteiger partial charge >= 0.3 is 0 Å². The Balaban J connectivity index is 3.15. The number of rotatable bonds is 1. The maximum atomic E-state index is 10.4. The van der Waals surface area contributed by atoms with Gasteiger partial charge in [-0.2, -0.15) is 0 Å². The van der Waals surface area contributed by atoms with Gasteiger partial charge < -0.3 is 4.55 Å². The molecule has 4 radical (unpaired) electrons. The fourth-order valence-corrected chi connectivity index (χ4v) is 1.06. The van der Waals surface area contributed by atoms with Crippen molar-refractivity contribution < 1.29 is 8.76 Å². The third-order valence-corrected chi connectivity index (χ3v) is 1.89. The maximum absolute atomic E-state index is 10.4. The van der Waals surface area contributed by atoms with E-state index in [2.05, 4.69) is 0 Å². The van der Waals surface area contributed by atoms with E-state index in [1.807, 2.05) is 0 Å². The summed E-state index contributed by atoms with van der Waals surface area (Å²) in [6.45, 7) is 0. The van der Waals surface area contributed by atoms with Gasteiger partial charge in [-0.1, -0.05) is 12.1 Å². The summed E-state index contributed by atoms with van der Waals surface area (Å²) in [4.78, 5) is 0.150. The van der Waals surface area contributed by atoms with Crippen LogP contribution in [0.2, 0.25) is 0 Å². The molecule has 2 nitrogen and oxygen atoms in total. The van der Waals surface area contributed by atoms with Gasteiger partial charge in [0.05, 0.1) is 0 Å². The summed E-state index contributed by atoms with van der Waals surface area (Å²) in [7, 11) is 10.7. The maximum Gasteiger partial charge on any atom is 0.113 e. The molecule has 0 saturated heterocycles. The molecule has 0 aliphatic carbocycles. The number of benzene rings is 1. The first-order valence-electron chi connectivity index (χ1n) is 2.85. The van der Waals surface area contributed by atoms with Crippen molar-refractivity contribution in [1.29, 1.82) is 0 Å². The Morgan fingerprint density at radius 1 is 1.27 bits per heavy atom. The van der Waals surface area contributed by atoms with E-state index in [1.54, 1.807) is 0 Å². The molecule has 0 aromatic heterocycles. The van der Waals surface area contributed by atoms with E-state index in [-0.39, 0.29) is 10.4 Å². The van der Waals surface area contributed by atoms with Crippen molar-refractivity contribution in [2.24, 2.45) is 0 Å². The van der Waals surface area contributed by atoms with Crippen LogP contribution in [0.3, 0.4) is 0 Å². The van der Waals surface area contributed by atoms with Gasteiger partial charge in [0.2, 0.25) is 0 Å². The molecule has 1 rings (SSSR count). The van der Waals surface area contributed by atoms with Gasteiger partial charge in [-0.25, -0.2) is 0 Å². The van der Waals surface area contributed by atoms with Crippen LogP contribution in [0, 0.1) is 0 Å². The van der Waals surface area contributed by atoms with Gasteiger partial charge in [-0.15, -0.1) is 10.9 Å². The molecule has 0 spiro atoms. The second-order valence-electron chi connectivity index (χ2n) is 2.03. The molecule has 0 bridgehead atoms. The van der Waals surface area contributed by atoms with Crippen molar-refractivity contribution in [2.75, 3.05) is 0 Å². The zero-order valence-corrected chi connectivity index (χ0v) is 6.43. The summed E-state index contributed by atoms with van der Waals surface area (Å²) in [6, 6.07) is 4.17. The first-order chi connectivity index (χ1) is 5.11. The molecule has 0 N–H and O–H groups in total. The van der Waals surface area contributed by atoms with Crippen LogP contribution in [0.5, 0.6) is 0 Å².